The van der Waals surface area contributed by atoms with Crippen molar-refractivity contribution in [3.63, 3.8) is 0 Å². The van der Waals surface area contributed by atoms with E-state index in [2.05, 4.69) is 4.98 Å². The summed E-state index contributed by atoms with van der Waals surface area (Å²) in [4.78, 5) is 28.7. The van der Waals surface area contributed by atoms with Gasteiger partial charge >= 0.3 is 0 Å². The molecule has 2 atom stereocenters. The highest BCUT2D eigenvalue weighted by atomic mass is 16.3. The van der Waals surface area contributed by atoms with Crippen LogP contribution < -0.4 is 5.56 Å². The lowest BCUT2D eigenvalue weighted by atomic mass is 9.78. The van der Waals surface area contributed by atoms with E-state index >= 15 is 0 Å². The second-order valence-corrected chi connectivity index (χ2v) is 6.66. The predicted molar refractivity (Wildman–Crippen MR) is 91.8 cm³/mol. The Morgan fingerprint density at radius 3 is 2.75 bits per heavy atom. The molecule has 1 aromatic heterocycles. The fourth-order valence-electron chi connectivity index (χ4n) is 3.25. The first-order valence-electron chi connectivity index (χ1n) is 8.20. The maximum Gasteiger partial charge on any atom is 0.260 e. The van der Waals surface area contributed by atoms with Gasteiger partial charge in [-0.25, -0.2) is 0 Å². The number of likely N-dealkylation sites (tertiary alicyclic amines) is 1. The number of hydrogen-bond donors (Lipinski definition) is 2. The molecule has 1 fully saturated rings. The molecule has 1 amide bonds. The zero-order valence-electron chi connectivity index (χ0n) is 13.7. The summed E-state index contributed by atoms with van der Waals surface area (Å²) >= 11 is 0. The second kappa shape index (κ2) is 6.61. The van der Waals surface area contributed by atoms with Crippen molar-refractivity contribution in [3.8, 4) is 0 Å². The zero-order chi connectivity index (χ0) is 17.2. The van der Waals surface area contributed by atoms with E-state index in [1.807, 2.05) is 37.3 Å². The molecule has 5 heteroatoms. The molecule has 126 valence electrons. The lowest BCUT2D eigenvalue weighted by molar-refractivity contribution is -0.0507. The van der Waals surface area contributed by atoms with E-state index in [0.29, 0.717) is 25.9 Å². The Morgan fingerprint density at radius 2 is 2.04 bits per heavy atom. The van der Waals surface area contributed by atoms with E-state index in [9.17, 15) is 14.7 Å². The van der Waals surface area contributed by atoms with Gasteiger partial charge in [0.05, 0.1) is 5.60 Å². The van der Waals surface area contributed by atoms with Crippen LogP contribution in [0.3, 0.4) is 0 Å². The third kappa shape index (κ3) is 3.41. The van der Waals surface area contributed by atoms with Crippen molar-refractivity contribution in [1.29, 1.82) is 0 Å². The summed E-state index contributed by atoms with van der Waals surface area (Å²) in [5.74, 6) is -0.342. The maximum absolute atomic E-state index is 12.7. The van der Waals surface area contributed by atoms with Crippen LogP contribution in [0.4, 0.5) is 0 Å². The average molecular weight is 326 g/mol. The van der Waals surface area contributed by atoms with Gasteiger partial charge in [0, 0.05) is 25.2 Å². The van der Waals surface area contributed by atoms with Crippen molar-refractivity contribution in [3.05, 3.63) is 70.1 Å². The lowest BCUT2D eigenvalue weighted by Crippen LogP contribution is -2.53. The molecule has 2 heterocycles. The van der Waals surface area contributed by atoms with Gasteiger partial charge in [-0.3, -0.25) is 9.59 Å². The number of rotatable bonds is 3. The quantitative estimate of drug-likeness (QED) is 0.904. The molecule has 3 rings (SSSR count). The number of carbonyl (C=O) groups is 1. The van der Waals surface area contributed by atoms with Gasteiger partial charge in [0.2, 0.25) is 0 Å². The highest BCUT2D eigenvalue weighted by Gasteiger charge is 2.39. The van der Waals surface area contributed by atoms with Gasteiger partial charge in [-0.2, -0.15) is 0 Å². The lowest BCUT2D eigenvalue weighted by Gasteiger charge is -2.42. The van der Waals surface area contributed by atoms with Crippen LogP contribution in [0.1, 0.15) is 29.3 Å². The molecule has 24 heavy (non-hydrogen) atoms. The number of benzene rings is 1. The number of aromatic amines is 1. The molecular weight excluding hydrogens is 304 g/mol. The summed E-state index contributed by atoms with van der Waals surface area (Å²) < 4.78 is 0. The summed E-state index contributed by atoms with van der Waals surface area (Å²) in [6, 6.07) is 13.1. The van der Waals surface area contributed by atoms with Gasteiger partial charge < -0.3 is 15.0 Å². The molecule has 0 saturated carbocycles. The number of H-pyrrole nitrogens is 1. The number of nitrogens with one attached hydrogen (secondary N) is 1. The van der Waals surface area contributed by atoms with Gasteiger partial charge in [-0.05, 0) is 37.5 Å². The fourth-order valence-corrected chi connectivity index (χ4v) is 3.25. The van der Waals surface area contributed by atoms with Crippen LogP contribution >= 0.6 is 0 Å². The van der Waals surface area contributed by atoms with Crippen molar-refractivity contribution in [2.24, 2.45) is 5.92 Å². The molecule has 0 unspecified atom stereocenters. The summed E-state index contributed by atoms with van der Waals surface area (Å²) in [7, 11) is 0. The minimum atomic E-state index is -0.824. The van der Waals surface area contributed by atoms with Crippen molar-refractivity contribution in [2.45, 2.75) is 25.4 Å². The smallest absolute Gasteiger partial charge is 0.260 e. The third-order valence-corrected chi connectivity index (χ3v) is 4.87. The van der Waals surface area contributed by atoms with Crippen LogP contribution in [0, 0.1) is 5.92 Å². The van der Waals surface area contributed by atoms with E-state index in [0.717, 1.165) is 5.56 Å². The average Bonchev–Trinajstić information content (AvgIpc) is 2.57. The zero-order valence-corrected chi connectivity index (χ0v) is 13.7. The highest BCUT2D eigenvalue weighted by Crippen LogP contribution is 2.31. The third-order valence-electron chi connectivity index (χ3n) is 4.87. The molecule has 5 nitrogen and oxygen atoms in total. The normalized spacial score (nSPS) is 23.9. The Bertz CT molecular complexity index is 767. The fraction of sp³-hybridized carbons (Fsp3) is 0.368. The predicted octanol–water partition coefficient (Wildman–Crippen LogP) is 1.83. The molecule has 0 spiro atoms. The molecule has 2 N–H and O–H groups in total. The molecule has 1 saturated heterocycles. The van der Waals surface area contributed by atoms with Crippen molar-refractivity contribution in [2.75, 3.05) is 13.1 Å². The monoisotopic (exact) mass is 326 g/mol. The minimum Gasteiger partial charge on any atom is -0.390 e. The molecule has 1 aliphatic heterocycles. The Labute approximate surface area is 140 Å². The highest BCUT2D eigenvalue weighted by molar-refractivity contribution is 5.93. The summed E-state index contributed by atoms with van der Waals surface area (Å²) in [5.41, 5.74) is 0.0852. The van der Waals surface area contributed by atoms with Crippen LogP contribution in [-0.4, -0.2) is 39.6 Å². The van der Waals surface area contributed by atoms with Crippen molar-refractivity contribution in [1.82, 2.24) is 9.88 Å². The van der Waals surface area contributed by atoms with E-state index in [1.165, 1.54) is 6.20 Å². The molecule has 0 bridgehead atoms. The second-order valence-electron chi connectivity index (χ2n) is 6.66. The number of aliphatic hydroxyl groups is 1. The Morgan fingerprint density at radius 1 is 1.29 bits per heavy atom. The first-order chi connectivity index (χ1) is 11.5. The van der Waals surface area contributed by atoms with Crippen molar-refractivity contribution < 1.29 is 9.90 Å². The molecule has 2 aromatic rings. The Kier molecular flexibility index (Phi) is 4.53. The first kappa shape index (κ1) is 16.5. The number of nitrogens with zero attached hydrogens (tertiary/aromatic N) is 1. The largest absolute Gasteiger partial charge is 0.390 e. The number of hydrogen-bond acceptors (Lipinski definition) is 3. The number of pyridine rings is 1. The Hall–Kier alpha value is -2.40. The van der Waals surface area contributed by atoms with E-state index in [1.54, 1.807) is 17.0 Å². The van der Waals surface area contributed by atoms with E-state index in [4.69, 9.17) is 0 Å². The standard InChI is InChI=1S/C19H22N2O3/c1-19(24)9-11-21(18(23)16-8-5-10-20-17(16)22)13-15(19)12-14-6-3-2-4-7-14/h2-8,10,15,24H,9,11-13H2,1H3,(H,20,22)/t15-,19+/m0/s1. The molecule has 0 aliphatic carbocycles. The maximum atomic E-state index is 12.7. The number of piperidine rings is 1. The van der Waals surface area contributed by atoms with Crippen LogP contribution in [0.2, 0.25) is 0 Å². The van der Waals surface area contributed by atoms with Gasteiger partial charge in [0.15, 0.2) is 0 Å². The number of amides is 1. The van der Waals surface area contributed by atoms with Crippen LogP contribution in [-0.2, 0) is 6.42 Å². The van der Waals surface area contributed by atoms with Crippen molar-refractivity contribution >= 4 is 5.91 Å². The Balaban J connectivity index is 1.79. The summed E-state index contributed by atoms with van der Waals surface area (Å²) in [6.45, 7) is 2.72. The van der Waals surface area contributed by atoms with Crippen LogP contribution in [0.25, 0.3) is 0 Å². The first-order valence-corrected chi connectivity index (χ1v) is 8.20. The van der Waals surface area contributed by atoms with Crippen LogP contribution in [0.5, 0.6) is 0 Å². The topological polar surface area (TPSA) is 73.4 Å². The van der Waals surface area contributed by atoms with Gasteiger partial charge in [-0.1, -0.05) is 30.3 Å². The van der Waals surface area contributed by atoms with E-state index in [-0.39, 0.29) is 22.9 Å². The number of aromatic nitrogens is 1. The molecule has 1 aromatic carbocycles. The number of carbonyl (C=O) groups excluding carboxylic acids is 1. The molecular formula is C19H22N2O3. The van der Waals surface area contributed by atoms with E-state index < -0.39 is 5.60 Å². The summed E-state index contributed by atoms with van der Waals surface area (Å²) in [6.07, 6.45) is 2.71. The minimum absolute atomic E-state index is 0.0691. The molecule has 0 radical (unpaired) electrons. The van der Waals surface area contributed by atoms with Crippen LogP contribution in [0.15, 0.2) is 53.5 Å². The molecule has 1 aliphatic rings. The van der Waals surface area contributed by atoms with Gasteiger partial charge in [0.1, 0.15) is 5.56 Å². The summed E-state index contributed by atoms with van der Waals surface area (Å²) in [5, 5.41) is 10.7. The van der Waals surface area contributed by atoms with Gasteiger partial charge in [-0.15, -0.1) is 0 Å². The SMILES string of the molecule is C[C@@]1(O)CCN(C(=O)c2ccc[nH]c2=O)C[C@@H]1Cc1ccccc1. The van der Waals surface area contributed by atoms with Gasteiger partial charge in [0.25, 0.3) is 11.5 Å².